The fraction of sp³-hybridized carbons (Fsp3) is 0.650. The molecule has 26 heavy (non-hydrogen) atoms. The van der Waals surface area contributed by atoms with E-state index in [4.69, 9.17) is 4.74 Å². The number of amides is 1. The number of aromatic nitrogens is 1. The van der Waals surface area contributed by atoms with Gasteiger partial charge in [0.1, 0.15) is 11.9 Å². The molecular weight excluding hydrogens is 328 g/mol. The van der Waals surface area contributed by atoms with E-state index < -0.39 is 0 Å². The summed E-state index contributed by atoms with van der Waals surface area (Å²) in [6, 6.07) is 6.28. The normalized spacial score (nSPS) is 27.2. The van der Waals surface area contributed by atoms with Crippen LogP contribution < -0.4 is 4.90 Å². The van der Waals surface area contributed by atoms with Gasteiger partial charge in [-0.05, 0) is 51.2 Å². The fourth-order valence-corrected chi connectivity index (χ4v) is 4.75. The van der Waals surface area contributed by atoms with E-state index in [9.17, 15) is 10.1 Å². The van der Waals surface area contributed by atoms with Crippen molar-refractivity contribution in [3.63, 3.8) is 0 Å². The van der Waals surface area contributed by atoms with E-state index in [1.54, 1.807) is 0 Å². The second kappa shape index (κ2) is 6.88. The van der Waals surface area contributed by atoms with Gasteiger partial charge in [-0.15, -0.1) is 0 Å². The summed E-state index contributed by atoms with van der Waals surface area (Å²) in [5.41, 5.74) is 1.19. The van der Waals surface area contributed by atoms with Crippen molar-refractivity contribution in [3.05, 3.63) is 23.4 Å². The molecule has 1 atom stereocenters. The molecule has 3 fully saturated rings. The Morgan fingerprint density at radius 3 is 2.85 bits per heavy atom. The maximum atomic E-state index is 13.4. The Labute approximate surface area is 154 Å². The van der Waals surface area contributed by atoms with Gasteiger partial charge in [0.25, 0.3) is 0 Å². The van der Waals surface area contributed by atoms with Crippen LogP contribution >= 0.6 is 0 Å². The van der Waals surface area contributed by atoms with Crippen LogP contribution in [0.5, 0.6) is 0 Å². The fourth-order valence-electron chi connectivity index (χ4n) is 4.75. The molecule has 0 radical (unpaired) electrons. The van der Waals surface area contributed by atoms with Gasteiger partial charge in [-0.1, -0.05) is 0 Å². The van der Waals surface area contributed by atoms with E-state index in [-0.39, 0.29) is 5.41 Å². The molecule has 1 aromatic rings. The number of anilines is 1. The lowest BCUT2D eigenvalue weighted by atomic mass is 9.77. The number of rotatable bonds is 2. The number of carbonyl (C=O) groups excluding carboxylic acids is 1. The van der Waals surface area contributed by atoms with Crippen LogP contribution in [0.3, 0.4) is 0 Å². The zero-order valence-corrected chi connectivity index (χ0v) is 15.4. The number of nitriles is 1. The van der Waals surface area contributed by atoms with Crippen molar-refractivity contribution in [2.45, 2.75) is 45.1 Å². The molecule has 3 aliphatic heterocycles. The van der Waals surface area contributed by atoms with E-state index in [1.807, 2.05) is 19.1 Å². The maximum absolute atomic E-state index is 13.4. The van der Waals surface area contributed by atoms with Crippen molar-refractivity contribution in [1.82, 2.24) is 9.88 Å². The summed E-state index contributed by atoms with van der Waals surface area (Å²) >= 11 is 0. The molecule has 4 heterocycles. The van der Waals surface area contributed by atoms with Crippen LogP contribution in [-0.2, 0) is 9.53 Å². The minimum atomic E-state index is -0.311. The topological polar surface area (TPSA) is 69.5 Å². The Bertz CT molecular complexity index is 738. The highest BCUT2D eigenvalue weighted by molar-refractivity contribution is 5.85. The van der Waals surface area contributed by atoms with Crippen LogP contribution in [0.25, 0.3) is 0 Å². The number of nitrogens with zero attached hydrogens (tertiary/aromatic N) is 4. The number of hydrogen-bond acceptors (Lipinski definition) is 5. The number of hydrogen-bond donors (Lipinski definition) is 0. The smallest absolute Gasteiger partial charge is 0.230 e. The van der Waals surface area contributed by atoms with Gasteiger partial charge in [0.15, 0.2) is 0 Å². The first-order valence-electron chi connectivity index (χ1n) is 9.64. The van der Waals surface area contributed by atoms with Crippen molar-refractivity contribution < 1.29 is 9.53 Å². The average Bonchev–Trinajstić information content (AvgIpc) is 3.10. The summed E-state index contributed by atoms with van der Waals surface area (Å²) in [5.74, 6) is 1.05. The molecule has 0 N–H and O–H groups in total. The molecule has 4 rings (SSSR count). The van der Waals surface area contributed by atoms with E-state index in [0.29, 0.717) is 24.1 Å². The summed E-state index contributed by atoms with van der Waals surface area (Å²) in [7, 11) is 0. The molecule has 3 aliphatic rings. The second-order valence-corrected chi connectivity index (χ2v) is 7.83. The number of piperidine rings is 1. The molecule has 138 valence electrons. The Hall–Kier alpha value is -2.13. The molecule has 0 bridgehead atoms. The lowest BCUT2D eigenvalue weighted by Crippen LogP contribution is -2.54. The summed E-state index contributed by atoms with van der Waals surface area (Å²) in [6.45, 7) is 5.79. The first kappa shape index (κ1) is 17.3. The number of ether oxygens (including phenoxy) is 1. The summed E-state index contributed by atoms with van der Waals surface area (Å²) in [5, 5.41) is 9.43. The third-order valence-corrected chi connectivity index (χ3v) is 6.19. The Morgan fingerprint density at radius 2 is 2.08 bits per heavy atom. The molecule has 1 spiro atoms. The maximum Gasteiger partial charge on any atom is 0.230 e. The zero-order valence-electron chi connectivity index (χ0n) is 15.4. The summed E-state index contributed by atoms with van der Waals surface area (Å²) < 4.78 is 5.47. The third-order valence-electron chi connectivity index (χ3n) is 6.19. The van der Waals surface area contributed by atoms with Crippen molar-refractivity contribution in [3.8, 4) is 6.07 Å². The summed E-state index contributed by atoms with van der Waals surface area (Å²) in [4.78, 5) is 22.3. The van der Waals surface area contributed by atoms with Crippen LogP contribution in [0.1, 0.15) is 43.4 Å². The van der Waals surface area contributed by atoms with Crippen LogP contribution in [0.4, 0.5) is 5.82 Å². The lowest BCUT2D eigenvalue weighted by molar-refractivity contribution is -0.149. The molecule has 0 aromatic carbocycles. The highest BCUT2D eigenvalue weighted by Crippen LogP contribution is 2.43. The molecule has 6 heteroatoms. The van der Waals surface area contributed by atoms with Crippen LogP contribution in [0, 0.1) is 23.7 Å². The molecule has 0 unspecified atom stereocenters. The molecule has 1 aromatic heterocycles. The summed E-state index contributed by atoms with van der Waals surface area (Å²) in [6.07, 6.45) is 4.75. The zero-order chi connectivity index (χ0) is 18.1. The van der Waals surface area contributed by atoms with Gasteiger partial charge < -0.3 is 14.5 Å². The van der Waals surface area contributed by atoms with Crippen molar-refractivity contribution in [1.29, 1.82) is 5.26 Å². The highest BCUT2D eigenvalue weighted by Gasteiger charge is 2.50. The van der Waals surface area contributed by atoms with Gasteiger partial charge in [-0.25, -0.2) is 4.98 Å². The molecule has 3 saturated heterocycles. The first-order valence-corrected chi connectivity index (χ1v) is 9.64. The molecular formula is C20H26N4O2. The van der Waals surface area contributed by atoms with E-state index in [2.05, 4.69) is 20.9 Å². The number of pyridine rings is 1. The van der Waals surface area contributed by atoms with Crippen molar-refractivity contribution >= 4 is 11.7 Å². The predicted octanol–water partition coefficient (Wildman–Crippen LogP) is 2.26. The van der Waals surface area contributed by atoms with Crippen LogP contribution in [0.2, 0.25) is 0 Å². The average molecular weight is 354 g/mol. The first-order chi connectivity index (χ1) is 12.6. The molecule has 6 nitrogen and oxygen atoms in total. The highest BCUT2D eigenvalue weighted by atomic mass is 16.5. The lowest BCUT2D eigenvalue weighted by Gasteiger charge is -2.44. The van der Waals surface area contributed by atoms with E-state index >= 15 is 0 Å². The largest absolute Gasteiger partial charge is 0.381 e. The standard InChI is InChI=1S/C20H26N4O2/c1-15-3-4-16(13-21)18(22-15)23-10-8-20(14-23)7-2-9-24(19(20)25)17-5-11-26-12-6-17/h3-4,17H,2,5-12,14H2,1H3/t20-/m1/s1. The molecule has 1 amide bonds. The minimum Gasteiger partial charge on any atom is -0.381 e. The van der Waals surface area contributed by atoms with Crippen LogP contribution in [-0.4, -0.2) is 54.7 Å². The monoisotopic (exact) mass is 354 g/mol. The Morgan fingerprint density at radius 1 is 1.27 bits per heavy atom. The van der Waals surface area contributed by atoms with Gasteiger partial charge in [0.2, 0.25) is 5.91 Å². The quantitative estimate of drug-likeness (QED) is 0.815. The van der Waals surface area contributed by atoms with Crippen molar-refractivity contribution in [2.24, 2.45) is 5.41 Å². The Kier molecular flexibility index (Phi) is 4.58. The van der Waals surface area contributed by atoms with Gasteiger partial charge in [-0.2, -0.15) is 5.26 Å². The SMILES string of the molecule is Cc1ccc(C#N)c(N2CC[C@]3(CCCN(C4CCOCC4)C3=O)C2)n1. The molecule has 0 aliphatic carbocycles. The van der Waals surface area contributed by atoms with Crippen LogP contribution in [0.15, 0.2) is 12.1 Å². The van der Waals surface area contributed by atoms with Gasteiger partial charge >= 0.3 is 0 Å². The van der Waals surface area contributed by atoms with Gasteiger partial charge in [0, 0.05) is 44.6 Å². The van der Waals surface area contributed by atoms with E-state index in [0.717, 1.165) is 69.9 Å². The minimum absolute atomic E-state index is 0.310. The van der Waals surface area contributed by atoms with Gasteiger partial charge in [0.05, 0.1) is 11.0 Å². The second-order valence-electron chi connectivity index (χ2n) is 7.83. The van der Waals surface area contributed by atoms with Gasteiger partial charge in [-0.3, -0.25) is 4.79 Å². The number of aryl methyl sites for hydroxylation is 1. The number of carbonyl (C=O) groups is 1. The number of likely N-dealkylation sites (tertiary alicyclic amines) is 1. The van der Waals surface area contributed by atoms with E-state index in [1.165, 1.54) is 0 Å². The predicted molar refractivity (Wildman–Crippen MR) is 97.7 cm³/mol. The van der Waals surface area contributed by atoms with Crippen molar-refractivity contribution in [2.75, 3.05) is 37.7 Å². The Balaban J connectivity index is 1.56. The molecule has 0 saturated carbocycles. The third kappa shape index (κ3) is 2.95.